The van der Waals surface area contributed by atoms with E-state index < -0.39 is 30.2 Å². The van der Waals surface area contributed by atoms with E-state index in [2.05, 4.69) is 39.1 Å². The molecule has 1 aromatic rings. The fourth-order valence-electron chi connectivity index (χ4n) is 11.1. The minimum absolute atomic E-state index is 0.00187. The molecule has 5 rings (SSSR count). The summed E-state index contributed by atoms with van der Waals surface area (Å²) in [5.41, 5.74) is 2.22. The van der Waals surface area contributed by atoms with Gasteiger partial charge < -0.3 is 25.0 Å². The zero-order valence-electron chi connectivity index (χ0n) is 30.2. The lowest BCUT2D eigenvalue weighted by molar-refractivity contribution is -0.234. The number of carbonyl (C=O) groups excluding carboxylic acids is 3. The van der Waals surface area contributed by atoms with Gasteiger partial charge >= 0.3 is 11.9 Å². The Balaban J connectivity index is 1.63. The first-order chi connectivity index (χ1) is 22.6. The molecule has 0 unspecified atom stereocenters. The standard InChI is InChI=1S/C40H57NO7/c1-23(2)13-12-16-27(36(45)41-34(37(46)47-8)26-14-10-9-11-15-26)33-29-21-31(44)35-38(5)19-18-30(43)24(3)28(38)17-20-39(35,6)40(29,7)22-32(33)48-25(4)42/h9-11,13-15,24,28-32,34-35,43-44H,12,16-22H2,1-8H3,(H,41,45)/b33-27-/t24-,28-,29-,30+,31+,32-,34+,35-,38-,39-,40-/m0/s1. The van der Waals surface area contributed by atoms with Crippen molar-refractivity contribution in [1.82, 2.24) is 5.32 Å². The first-order valence-electron chi connectivity index (χ1n) is 17.9. The highest BCUT2D eigenvalue weighted by Gasteiger charge is 2.70. The number of fused-ring (bicyclic) bond motifs is 5. The molecule has 4 aliphatic carbocycles. The number of hydrogen-bond acceptors (Lipinski definition) is 7. The summed E-state index contributed by atoms with van der Waals surface area (Å²) in [5.74, 6) is -1.09. The second-order valence-electron chi connectivity index (χ2n) is 16.2. The van der Waals surface area contributed by atoms with Gasteiger partial charge in [0.15, 0.2) is 6.04 Å². The van der Waals surface area contributed by atoms with Gasteiger partial charge in [0.2, 0.25) is 5.91 Å². The smallest absolute Gasteiger partial charge is 0.333 e. The molecule has 4 fully saturated rings. The summed E-state index contributed by atoms with van der Waals surface area (Å²) in [7, 11) is 1.31. The number of carbonyl (C=O) groups is 3. The van der Waals surface area contributed by atoms with Crippen molar-refractivity contribution < 1.29 is 34.1 Å². The van der Waals surface area contributed by atoms with Crippen LogP contribution in [0.1, 0.15) is 111 Å². The average molecular weight is 664 g/mol. The lowest BCUT2D eigenvalue weighted by Crippen LogP contribution is -2.65. The third kappa shape index (κ3) is 6.17. The topological polar surface area (TPSA) is 122 Å². The van der Waals surface area contributed by atoms with E-state index in [4.69, 9.17) is 9.47 Å². The molecule has 8 heteroatoms. The molecule has 8 nitrogen and oxygen atoms in total. The molecule has 264 valence electrons. The average Bonchev–Trinajstić information content (AvgIpc) is 3.30. The van der Waals surface area contributed by atoms with Gasteiger partial charge in [-0.3, -0.25) is 9.59 Å². The third-order valence-electron chi connectivity index (χ3n) is 13.4. The summed E-state index contributed by atoms with van der Waals surface area (Å²) in [6.07, 6.45) is 5.97. The van der Waals surface area contributed by atoms with Gasteiger partial charge in [0.25, 0.3) is 0 Å². The molecule has 0 heterocycles. The maximum Gasteiger partial charge on any atom is 0.333 e. The van der Waals surface area contributed by atoms with E-state index in [1.165, 1.54) is 14.0 Å². The monoisotopic (exact) mass is 663 g/mol. The van der Waals surface area contributed by atoms with Crippen molar-refractivity contribution in [1.29, 1.82) is 0 Å². The van der Waals surface area contributed by atoms with Gasteiger partial charge in [-0.25, -0.2) is 4.79 Å². The van der Waals surface area contributed by atoms with E-state index in [1.807, 2.05) is 32.0 Å². The van der Waals surface area contributed by atoms with Crippen LogP contribution in [0.3, 0.4) is 0 Å². The Kier molecular flexibility index (Phi) is 10.4. The minimum Gasteiger partial charge on any atom is -0.467 e. The summed E-state index contributed by atoms with van der Waals surface area (Å²) < 4.78 is 11.2. The van der Waals surface area contributed by atoms with Crippen molar-refractivity contribution in [2.24, 2.45) is 39.9 Å². The molecule has 0 aliphatic heterocycles. The molecule has 3 N–H and O–H groups in total. The van der Waals surface area contributed by atoms with E-state index in [1.54, 1.807) is 12.1 Å². The number of esters is 2. The minimum atomic E-state index is -1.01. The molecule has 0 bridgehead atoms. The molecule has 0 saturated heterocycles. The molecule has 0 spiro atoms. The predicted octanol–water partition coefficient (Wildman–Crippen LogP) is 6.61. The number of aliphatic hydroxyl groups is 2. The van der Waals surface area contributed by atoms with Crippen molar-refractivity contribution in [3.63, 3.8) is 0 Å². The van der Waals surface area contributed by atoms with E-state index in [0.717, 1.165) is 36.8 Å². The fourth-order valence-corrected chi connectivity index (χ4v) is 11.1. The zero-order chi connectivity index (χ0) is 35.2. The molecule has 0 aromatic heterocycles. The van der Waals surface area contributed by atoms with Gasteiger partial charge in [0.05, 0.1) is 19.3 Å². The molecule has 1 aromatic carbocycles. The quantitative estimate of drug-likeness (QED) is 0.163. The van der Waals surface area contributed by atoms with Crippen molar-refractivity contribution in [3.8, 4) is 0 Å². The Morgan fingerprint density at radius 3 is 2.31 bits per heavy atom. The van der Waals surface area contributed by atoms with Crippen LogP contribution in [0.2, 0.25) is 0 Å². The lowest BCUT2D eigenvalue weighted by atomic mass is 9.36. The number of allylic oxidation sites excluding steroid dienone is 2. The van der Waals surface area contributed by atoms with Gasteiger partial charge in [-0.05, 0) is 116 Å². The van der Waals surface area contributed by atoms with Crippen LogP contribution in [0, 0.1) is 39.9 Å². The highest BCUT2D eigenvalue weighted by Crippen LogP contribution is 2.74. The van der Waals surface area contributed by atoms with Gasteiger partial charge in [0.1, 0.15) is 6.10 Å². The van der Waals surface area contributed by atoms with Gasteiger partial charge in [0, 0.05) is 12.5 Å². The fraction of sp³-hybridized carbons (Fsp3) is 0.675. The number of methoxy groups -OCH3 is 1. The van der Waals surface area contributed by atoms with Crippen molar-refractivity contribution in [2.45, 2.75) is 124 Å². The Morgan fingerprint density at radius 2 is 1.69 bits per heavy atom. The molecule has 4 aliphatic rings. The number of ether oxygens (including phenoxy) is 2. The summed E-state index contributed by atoms with van der Waals surface area (Å²) >= 11 is 0. The molecule has 0 radical (unpaired) electrons. The zero-order valence-corrected chi connectivity index (χ0v) is 30.2. The van der Waals surface area contributed by atoms with Gasteiger partial charge in [-0.15, -0.1) is 0 Å². The second kappa shape index (κ2) is 13.7. The lowest BCUT2D eigenvalue weighted by Gasteiger charge is -2.69. The van der Waals surface area contributed by atoms with E-state index in [0.29, 0.717) is 42.7 Å². The van der Waals surface area contributed by atoms with Crippen LogP contribution in [0.5, 0.6) is 0 Å². The van der Waals surface area contributed by atoms with Gasteiger partial charge in [-0.2, -0.15) is 0 Å². The summed E-state index contributed by atoms with van der Waals surface area (Å²) in [6, 6.07) is 8.03. The van der Waals surface area contributed by atoms with E-state index >= 15 is 0 Å². The van der Waals surface area contributed by atoms with Crippen LogP contribution in [-0.2, 0) is 23.9 Å². The van der Waals surface area contributed by atoms with Crippen LogP contribution >= 0.6 is 0 Å². The number of rotatable bonds is 8. The number of amides is 1. The Bertz CT molecular complexity index is 1450. The highest BCUT2D eigenvalue weighted by molar-refractivity contribution is 5.97. The molecule has 11 atom stereocenters. The third-order valence-corrected chi connectivity index (χ3v) is 13.4. The number of benzene rings is 1. The first kappa shape index (κ1) is 36.3. The first-order valence-corrected chi connectivity index (χ1v) is 17.9. The Labute approximate surface area is 286 Å². The maximum atomic E-state index is 14.5. The number of hydrogen-bond donors (Lipinski definition) is 3. The molecule has 1 amide bonds. The second-order valence-corrected chi connectivity index (χ2v) is 16.2. The van der Waals surface area contributed by atoms with Crippen molar-refractivity contribution in [3.05, 3.63) is 58.7 Å². The summed E-state index contributed by atoms with van der Waals surface area (Å²) in [4.78, 5) is 40.3. The molecular formula is C40H57NO7. The van der Waals surface area contributed by atoms with Gasteiger partial charge in [-0.1, -0.05) is 69.7 Å². The normalized spacial score (nSPS) is 38.8. The largest absolute Gasteiger partial charge is 0.467 e. The van der Waals surface area contributed by atoms with Crippen LogP contribution in [0.15, 0.2) is 53.1 Å². The predicted molar refractivity (Wildman–Crippen MR) is 184 cm³/mol. The summed E-state index contributed by atoms with van der Waals surface area (Å²) in [5, 5.41) is 26.1. The van der Waals surface area contributed by atoms with Crippen LogP contribution in [0.4, 0.5) is 0 Å². The molecule has 48 heavy (non-hydrogen) atoms. The number of nitrogens with one attached hydrogen (secondary N) is 1. The SMILES string of the molecule is COC(=O)[C@H](NC(=O)/C(CCC=C(C)C)=C1\[C@@H](OC(C)=O)C[C@@]2(C)[C@H]1C[C@@H](O)[C@H]1[C@@]3(C)CC[C@@H](O)[C@@H](C)[C@@H]3CC[C@@]12C)c1ccccc1. The Hall–Kier alpha value is -2.97. The van der Waals surface area contributed by atoms with Crippen molar-refractivity contribution >= 4 is 17.8 Å². The van der Waals surface area contributed by atoms with E-state index in [-0.39, 0.29) is 46.0 Å². The summed E-state index contributed by atoms with van der Waals surface area (Å²) in [6.45, 7) is 14.6. The van der Waals surface area contributed by atoms with Crippen LogP contribution in [0.25, 0.3) is 0 Å². The molecule has 4 saturated carbocycles. The van der Waals surface area contributed by atoms with E-state index in [9.17, 15) is 24.6 Å². The maximum absolute atomic E-state index is 14.5. The van der Waals surface area contributed by atoms with Crippen molar-refractivity contribution in [2.75, 3.05) is 7.11 Å². The number of aliphatic hydroxyl groups excluding tert-OH is 2. The highest BCUT2D eigenvalue weighted by atomic mass is 16.5. The Morgan fingerprint density at radius 1 is 1.00 bits per heavy atom. The molecular weight excluding hydrogens is 606 g/mol. The van der Waals surface area contributed by atoms with Crippen LogP contribution < -0.4 is 5.32 Å². The van der Waals surface area contributed by atoms with Crippen LogP contribution in [-0.4, -0.2) is 53.5 Å².